The van der Waals surface area contributed by atoms with Crippen molar-refractivity contribution in [2.45, 2.75) is 6.18 Å². The van der Waals surface area contributed by atoms with Gasteiger partial charge in [-0.1, -0.05) is 23.7 Å². The normalized spacial score (nSPS) is 11.3. The highest BCUT2D eigenvalue weighted by molar-refractivity contribution is 6.32. The maximum Gasteiger partial charge on any atom is 0.416 e. The summed E-state index contributed by atoms with van der Waals surface area (Å²) in [7, 11) is 0. The van der Waals surface area contributed by atoms with Crippen LogP contribution in [0.3, 0.4) is 0 Å². The first kappa shape index (κ1) is 25.4. The molecule has 182 valence electrons. The van der Waals surface area contributed by atoms with Crippen LogP contribution in [0.25, 0.3) is 0 Å². The van der Waals surface area contributed by atoms with Gasteiger partial charge in [0.1, 0.15) is 17.3 Å². The third-order valence-corrected chi connectivity index (χ3v) is 4.68. The Hall–Kier alpha value is -4.19. The molecule has 0 bridgehead atoms. The third-order valence-electron chi connectivity index (χ3n) is 4.38. The van der Waals surface area contributed by atoms with Crippen LogP contribution in [0, 0.1) is 15.9 Å². The molecular weight excluding hydrogens is 496 g/mol. The van der Waals surface area contributed by atoms with Crippen molar-refractivity contribution in [2.75, 3.05) is 17.3 Å². The van der Waals surface area contributed by atoms with Gasteiger partial charge in [-0.15, -0.1) is 0 Å². The smallest absolute Gasteiger partial charge is 0.416 e. The molecule has 0 fully saturated rings. The van der Waals surface area contributed by atoms with E-state index in [1.165, 1.54) is 42.6 Å². The molecule has 3 rings (SSSR count). The highest BCUT2D eigenvalue weighted by Gasteiger charge is 2.33. The number of carbonyl (C=O) groups is 1. The number of amides is 1. The molecule has 0 atom stereocenters. The summed E-state index contributed by atoms with van der Waals surface area (Å²) < 4.78 is 57.3. The molecular formula is C22H15ClF4N4O4. The van der Waals surface area contributed by atoms with Crippen molar-refractivity contribution in [1.82, 2.24) is 0 Å². The molecule has 0 radical (unpaired) electrons. The van der Waals surface area contributed by atoms with E-state index in [4.69, 9.17) is 16.3 Å². The molecule has 0 unspecified atom stereocenters. The molecule has 3 aromatic rings. The lowest BCUT2D eigenvalue weighted by molar-refractivity contribution is -0.384. The highest BCUT2D eigenvalue weighted by atomic mass is 35.5. The van der Waals surface area contributed by atoms with E-state index < -0.39 is 40.7 Å². The van der Waals surface area contributed by atoms with E-state index in [0.29, 0.717) is 17.7 Å². The first-order valence-corrected chi connectivity index (χ1v) is 10.0. The monoisotopic (exact) mass is 510 g/mol. The quantitative estimate of drug-likeness (QED) is 0.171. The highest BCUT2D eigenvalue weighted by Crippen LogP contribution is 2.35. The Morgan fingerprint density at radius 2 is 1.86 bits per heavy atom. The van der Waals surface area contributed by atoms with Gasteiger partial charge in [0, 0.05) is 6.07 Å². The minimum atomic E-state index is -4.73. The summed E-state index contributed by atoms with van der Waals surface area (Å²) >= 11 is 6.13. The number of para-hydroxylation sites is 1. The van der Waals surface area contributed by atoms with Crippen LogP contribution in [0.5, 0.6) is 5.75 Å². The molecule has 35 heavy (non-hydrogen) atoms. The Kier molecular flexibility index (Phi) is 7.87. The van der Waals surface area contributed by atoms with Gasteiger partial charge < -0.3 is 10.1 Å². The molecule has 0 aliphatic rings. The van der Waals surface area contributed by atoms with Gasteiger partial charge in [-0.05, 0) is 48.0 Å². The van der Waals surface area contributed by atoms with Crippen molar-refractivity contribution < 1.29 is 32.0 Å². The zero-order valence-electron chi connectivity index (χ0n) is 17.5. The first-order chi connectivity index (χ1) is 16.5. The predicted octanol–water partition coefficient (Wildman–Crippen LogP) is 5.87. The Morgan fingerprint density at radius 1 is 1.11 bits per heavy atom. The minimum absolute atomic E-state index is 0.000427. The number of hydrogen-bond donors (Lipinski definition) is 2. The number of hydrogen-bond acceptors (Lipinski definition) is 6. The van der Waals surface area contributed by atoms with Crippen molar-refractivity contribution in [1.29, 1.82) is 0 Å². The minimum Gasteiger partial charge on any atom is -0.482 e. The number of nitrogens with zero attached hydrogens (tertiary/aromatic N) is 2. The summed E-state index contributed by atoms with van der Waals surface area (Å²) in [4.78, 5) is 22.1. The second kappa shape index (κ2) is 10.8. The standard InChI is InChI=1S/C22H15ClF4N4O4/c23-15-9-13(5-8-20(15)35-12-21(32)29-17-4-2-1-3-16(17)24)11-28-30-18-7-6-14(22(25,26)27)10-19(18)31(33)34/h1-11,30H,12H2,(H,29,32)/b28-11+. The molecule has 8 nitrogen and oxygen atoms in total. The number of benzene rings is 3. The van der Waals surface area contributed by atoms with Gasteiger partial charge >= 0.3 is 6.18 Å². The molecule has 0 heterocycles. The van der Waals surface area contributed by atoms with E-state index >= 15 is 0 Å². The fourth-order valence-electron chi connectivity index (χ4n) is 2.74. The molecule has 1 amide bonds. The van der Waals surface area contributed by atoms with E-state index in [1.54, 1.807) is 6.07 Å². The van der Waals surface area contributed by atoms with Crippen LogP contribution in [-0.2, 0) is 11.0 Å². The van der Waals surface area contributed by atoms with Crippen molar-refractivity contribution >= 4 is 40.8 Å². The van der Waals surface area contributed by atoms with Crippen molar-refractivity contribution in [3.63, 3.8) is 0 Å². The molecule has 2 N–H and O–H groups in total. The average Bonchev–Trinajstić information content (AvgIpc) is 2.79. The fourth-order valence-corrected chi connectivity index (χ4v) is 2.98. The zero-order chi connectivity index (χ0) is 25.6. The van der Waals surface area contributed by atoms with Gasteiger partial charge in [-0.3, -0.25) is 20.3 Å². The summed E-state index contributed by atoms with van der Waals surface area (Å²) in [5.74, 6) is -1.06. The van der Waals surface area contributed by atoms with E-state index in [2.05, 4.69) is 15.8 Å². The van der Waals surface area contributed by atoms with Crippen LogP contribution in [0.1, 0.15) is 11.1 Å². The molecule has 0 aliphatic heterocycles. The average molecular weight is 511 g/mol. The number of alkyl halides is 3. The molecule has 0 saturated carbocycles. The third kappa shape index (κ3) is 6.90. The van der Waals surface area contributed by atoms with E-state index in [0.717, 1.165) is 6.07 Å². The predicted molar refractivity (Wildman–Crippen MR) is 121 cm³/mol. The Morgan fingerprint density at radius 3 is 2.51 bits per heavy atom. The fraction of sp³-hybridized carbons (Fsp3) is 0.0909. The molecule has 0 aliphatic carbocycles. The van der Waals surface area contributed by atoms with Crippen molar-refractivity contribution in [3.8, 4) is 5.75 Å². The van der Waals surface area contributed by atoms with E-state index in [1.807, 2.05) is 0 Å². The lowest BCUT2D eigenvalue weighted by atomic mass is 10.1. The zero-order valence-corrected chi connectivity index (χ0v) is 18.2. The summed E-state index contributed by atoms with van der Waals surface area (Å²) in [5, 5.41) is 17.4. The first-order valence-electron chi connectivity index (χ1n) is 9.66. The summed E-state index contributed by atoms with van der Waals surface area (Å²) in [6.07, 6.45) is -3.51. The molecule has 0 aromatic heterocycles. The number of hydrazone groups is 1. The van der Waals surface area contributed by atoms with Crippen LogP contribution in [-0.4, -0.2) is 23.7 Å². The van der Waals surface area contributed by atoms with Crippen LogP contribution >= 0.6 is 11.6 Å². The topological polar surface area (TPSA) is 106 Å². The van der Waals surface area contributed by atoms with Crippen LogP contribution < -0.4 is 15.5 Å². The van der Waals surface area contributed by atoms with Gasteiger partial charge in [-0.25, -0.2) is 4.39 Å². The second-order valence-electron chi connectivity index (χ2n) is 6.86. The van der Waals surface area contributed by atoms with Gasteiger partial charge in [0.25, 0.3) is 11.6 Å². The number of nitro groups is 1. The van der Waals surface area contributed by atoms with Crippen molar-refractivity contribution in [3.05, 3.63) is 92.7 Å². The number of nitrogens with one attached hydrogen (secondary N) is 2. The summed E-state index contributed by atoms with van der Waals surface area (Å²) in [5.41, 5.74) is 0.536. The van der Waals surface area contributed by atoms with Crippen LogP contribution in [0.4, 0.5) is 34.6 Å². The maximum atomic E-state index is 13.6. The SMILES string of the molecule is O=C(COc1ccc(/C=N/Nc2ccc(C(F)(F)F)cc2[N+](=O)[O-])cc1Cl)Nc1ccccc1F. The number of halogens is 5. The maximum absolute atomic E-state index is 13.6. The summed E-state index contributed by atoms with van der Waals surface area (Å²) in [6, 6.07) is 12.0. The summed E-state index contributed by atoms with van der Waals surface area (Å²) in [6.45, 7) is -0.444. The number of anilines is 2. The Bertz CT molecular complexity index is 1280. The Labute approximate surface area is 200 Å². The van der Waals surface area contributed by atoms with E-state index in [9.17, 15) is 32.5 Å². The molecule has 0 saturated heterocycles. The molecule has 0 spiro atoms. The lowest BCUT2D eigenvalue weighted by Crippen LogP contribution is -2.20. The number of carbonyl (C=O) groups excluding carboxylic acids is 1. The number of rotatable bonds is 8. The van der Waals surface area contributed by atoms with Crippen molar-refractivity contribution in [2.24, 2.45) is 5.10 Å². The van der Waals surface area contributed by atoms with Gasteiger partial charge in [0.2, 0.25) is 0 Å². The Balaban J connectivity index is 1.62. The van der Waals surface area contributed by atoms with E-state index in [-0.39, 0.29) is 22.1 Å². The number of ether oxygens (including phenoxy) is 1. The lowest BCUT2D eigenvalue weighted by Gasteiger charge is -2.10. The van der Waals surface area contributed by atoms with Crippen LogP contribution in [0.2, 0.25) is 5.02 Å². The second-order valence-corrected chi connectivity index (χ2v) is 7.27. The van der Waals surface area contributed by atoms with Gasteiger partial charge in [0.05, 0.1) is 27.4 Å². The molecule has 3 aromatic carbocycles. The molecule has 13 heteroatoms. The van der Waals surface area contributed by atoms with Gasteiger partial charge in [0.15, 0.2) is 6.61 Å². The van der Waals surface area contributed by atoms with Gasteiger partial charge in [-0.2, -0.15) is 18.3 Å². The largest absolute Gasteiger partial charge is 0.482 e. The number of nitro benzene ring substituents is 1. The van der Waals surface area contributed by atoms with Crippen LogP contribution in [0.15, 0.2) is 65.8 Å².